The van der Waals surface area contributed by atoms with Crippen LogP contribution in [0.1, 0.15) is 0 Å². The minimum Gasteiger partial charge on any atom is -0.455 e. The van der Waals surface area contributed by atoms with Gasteiger partial charge in [-0.2, -0.15) is 0 Å². The molecule has 0 saturated carbocycles. The summed E-state index contributed by atoms with van der Waals surface area (Å²) in [6.07, 6.45) is 0. The van der Waals surface area contributed by atoms with E-state index in [0.29, 0.717) is 5.89 Å². The van der Waals surface area contributed by atoms with Gasteiger partial charge in [0.1, 0.15) is 16.7 Å². The molecule has 2 aromatic heterocycles. The van der Waals surface area contributed by atoms with Crippen molar-refractivity contribution in [2.24, 2.45) is 0 Å². The lowest BCUT2D eigenvalue weighted by molar-refractivity contribution is 0.623. The molecule has 0 unspecified atom stereocenters. The molecule has 0 bridgehead atoms. The zero-order valence-electron chi connectivity index (χ0n) is 26.9. The first kappa shape index (κ1) is 27.3. The molecule has 232 valence electrons. The van der Waals surface area contributed by atoms with Gasteiger partial charge in [0.05, 0.1) is 0 Å². The Morgan fingerprint density at radius 2 is 1.02 bits per heavy atom. The largest absolute Gasteiger partial charge is 0.455 e. The van der Waals surface area contributed by atoms with E-state index in [0.717, 1.165) is 65.7 Å². The fourth-order valence-corrected chi connectivity index (χ4v) is 8.07. The Labute approximate surface area is 286 Å². The molecule has 0 radical (unpaired) electrons. The minimum atomic E-state index is 0.637. The predicted octanol–water partition coefficient (Wildman–Crippen LogP) is 13.3. The van der Waals surface area contributed by atoms with Gasteiger partial charge < -0.3 is 8.83 Å². The number of nitrogens with zero attached hydrogens (tertiary/aromatic N) is 1. The number of hydrogen-bond donors (Lipinski definition) is 0. The van der Waals surface area contributed by atoms with Crippen LogP contribution < -0.4 is 0 Å². The van der Waals surface area contributed by atoms with Crippen LogP contribution in [0.4, 0.5) is 0 Å². The van der Waals surface area contributed by atoms with Gasteiger partial charge in [-0.1, -0.05) is 133 Å². The van der Waals surface area contributed by atoms with E-state index < -0.39 is 0 Å². The fraction of sp³-hybridized carbons (Fsp3) is 0. The summed E-state index contributed by atoms with van der Waals surface area (Å²) in [5, 5.41) is 11.6. The fourth-order valence-electron chi connectivity index (χ4n) is 8.07. The van der Waals surface area contributed by atoms with Crippen molar-refractivity contribution in [1.29, 1.82) is 0 Å². The van der Waals surface area contributed by atoms with Gasteiger partial charge in [0.2, 0.25) is 5.89 Å². The first-order valence-electron chi connectivity index (χ1n) is 17.0. The van der Waals surface area contributed by atoms with Crippen molar-refractivity contribution in [3.05, 3.63) is 164 Å². The van der Waals surface area contributed by atoms with E-state index in [2.05, 4.69) is 127 Å². The van der Waals surface area contributed by atoms with Crippen LogP contribution in [-0.2, 0) is 0 Å². The molecule has 0 saturated heterocycles. The van der Waals surface area contributed by atoms with E-state index in [1.807, 2.05) is 36.4 Å². The molecule has 3 nitrogen and oxygen atoms in total. The van der Waals surface area contributed by atoms with Crippen molar-refractivity contribution in [1.82, 2.24) is 4.98 Å². The first-order valence-corrected chi connectivity index (χ1v) is 17.0. The van der Waals surface area contributed by atoms with E-state index in [-0.39, 0.29) is 0 Å². The number of furan rings is 1. The average molecular weight is 638 g/mol. The zero-order valence-corrected chi connectivity index (χ0v) is 26.9. The standard InChI is InChI=1S/C47H27NO2/c1-2-11-29(12-3-1)47-48-40-26-24-28-21-22-30-27-31(23-25-32(30)43(28)46(40)50-47)42-34-14-4-6-16-36(34)44(37-17-7-5-15-35(37)42)39-19-10-18-38-33-13-8-9-20-41(33)49-45(38)39/h1-27H. The monoisotopic (exact) mass is 637 g/mol. The van der Waals surface area contributed by atoms with Crippen LogP contribution in [0.5, 0.6) is 0 Å². The topological polar surface area (TPSA) is 39.2 Å². The van der Waals surface area contributed by atoms with E-state index in [4.69, 9.17) is 13.8 Å². The predicted molar refractivity (Wildman–Crippen MR) is 208 cm³/mol. The summed E-state index contributed by atoms with van der Waals surface area (Å²) < 4.78 is 13.1. The summed E-state index contributed by atoms with van der Waals surface area (Å²) in [5.74, 6) is 0.637. The van der Waals surface area contributed by atoms with Crippen LogP contribution in [-0.4, -0.2) is 4.98 Å². The Morgan fingerprint density at radius 1 is 0.380 bits per heavy atom. The Hall–Kier alpha value is -6.71. The summed E-state index contributed by atoms with van der Waals surface area (Å²) in [6.45, 7) is 0. The van der Waals surface area contributed by atoms with Gasteiger partial charge in [0.15, 0.2) is 5.58 Å². The third-order valence-corrected chi connectivity index (χ3v) is 10.3. The van der Waals surface area contributed by atoms with Crippen LogP contribution in [0.3, 0.4) is 0 Å². The molecule has 0 atom stereocenters. The van der Waals surface area contributed by atoms with Gasteiger partial charge in [0, 0.05) is 32.8 Å². The Morgan fingerprint density at radius 3 is 1.80 bits per heavy atom. The lowest BCUT2D eigenvalue weighted by Gasteiger charge is -2.18. The van der Waals surface area contributed by atoms with Crippen LogP contribution in [0.2, 0.25) is 0 Å². The second-order valence-electron chi connectivity index (χ2n) is 13.0. The van der Waals surface area contributed by atoms with Crippen molar-refractivity contribution in [3.8, 4) is 33.7 Å². The highest BCUT2D eigenvalue weighted by atomic mass is 16.3. The number of aromatic nitrogens is 1. The smallest absolute Gasteiger partial charge is 0.227 e. The summed E-state index contributed by atoms with van der Waals surface area (Å²) >= 11 is 0. The van der Waals surface area contributed by atoms with Gasteiger partial charge in [-0.05, 0) is 79.2 Å². The number of fused-ring (bicyclic) bond motifs is 10. The number of oxazole rings is 1. The van der Waals surface area contributed by atoms with E-state index in [1.165, 1.54) is 38.2 Å². The summed E-state index contributed by atoms with van der Waals surface area (Å²) in [7, 11) is 0. The second-order valence-corrected chi connectivity index (χ2v) is 13.0. The zero-order chi connectivity index (χ0) is 32.8. The Bertz CT molecular complexity index is 3090. The van der Waals surface area contributed by atoms with E-state index in [9.17, 15) is 0 Å². The molecular formula is C47H27NO2. The highest BCUT2D eigenvalue weighted by Gasteiger charge is 2.21. The average Bonchev–Trinajstić information content (AvgIpc) is 3.79. The summed E-state index contributed by atoms with van der Waals surface area (Å²) in [4.78, 5) is 4.86. The first-order chi connectivity index (χ1) is 24.8. The van der Waals surface area contributed by atoms with Crippen LogP contribution in [0.15, 0.2) is 173 Å². The summed E-state index contributed by atoms with van der Waals surface area (Å²) in [5.41, 5.74) is 9.17. The maximum Gasteiger partial charge on any atom is 0.227 e. The minimum absolute atomic E-state index is 0.637. The maximum absolute atomic E-state index is 6.58. The molecule has 0 aliphatic rings. The number of rotatable bonds is 3. The van der Waals surface area contributed by atoms with Crippen molar-refractivity contribution >= 4 is 76.1 Å². The number of para-hydroxylation sites is 2. The molecule has 0 N–H and O–H groups in total. The third kappa shape index (κ3) is 3.89. The molecule has 0 aliphatic heterocycles. The van der Waals surface area contributed by atoms with Crippen LogP contribution >= 0.6 is 0 Å². The molecule has 0 amide bonds. The van der Waals surface area contributed by atoms with Gasteiger partial charge in [-0.25, -0.2) is 4.98 Å². The molecule has 3 heteroatoms. The van der Waals surface area contributed by atoms with Gasteiger partial charge in [0.25, 0.3) is 0 Å². The molecule has 11 aromatic rings. The molecule has 0 aliphatic carbocycles. The second kappa shape index (κ2) is 10.4. The molecule has 11 rings (SSSR count). The van der Waals surface area contributed by atoms with E-state index in [1.54, 1.807) is 0 Å². The highest BCUT2D eigenvalue weighted by molar-refractivity contribution is 6.25. The number of benzene rings is 9. The molecule has 0 spiro atoms. The molecule has 50 heavy (non-hydrogen) atoms. The molecule has 9 aromatic carbocycles. The maximum atomic E-state index is 6.58. The molecular weight excluding hydrogens is 611 g/mol. The van der Waals surface area contributed by atoms with Crippen LogP contribution in [0.25, 0.3) is 110 Å². The molecule has 2 heterocycles. The molecule has 0 fully saturated rings. The highest BCUT2D eigenvalue weighted by Crippen LogP contribution is 2.47. The SMILES string of the molecule is c1ccc(-c2nc3ccc4ccc5cc(-c6c7ccccc7c(-c7cccc8c7oc7ccccc78)c7ccccc67)ccc5c4c3o2)cc1. The summed E-state index contributed by atoms with van der Waals surface area (Å²) in [6, 6.07) is 58.0. The third-order valence-electron chi connectivity index (χ3n) is 10.3. The van der Waals surface area contributed by atoms with Gasteiger partial charge in [-0.15, -0.1) is 0 Å². The normalized spacial score (nSPS) is 12.0. The van der Waals surface area contributed by atoms with Gasteiger partial charge >= 0.3 is 0 Å². The van der Waals surface area contributed by atoms with Crippen molar-refractivity contribution in [2.45, 2.75) is 0 Å². The lowest BCUT2D eigenvalue weighted by Crippen LogP contribution is -1.91. The van der Waals surface area contributed by atoms with Crippen LogP contribution in [0, 0.1) is 0 Å². The van der Waals surface area contributed by atoms with Crippen molar-refractivity contribution in [2.75, 3.05) is 0 Å². The number of hydrogen-bond acceptors (Lipinski definition) is 3. The Kier molecular flexibility index (Phi) is 5.67. The Balaban J connectivity index is 1.17. The lowest BCUT2D eigenvalue weighted by atomic mass is 9.85. The van der Waals surface area contributed by atoms with Crippen molar-refractivity contribution in [3.63, 3.8) is 0 Å². The van der Waals surface area contributed by atoms with Crippen molar-refractivity contribution < 1.29 is 8.83 Å². The quantitative estimate of drug-likeness (QED) is 0.143. The van der Waals surface area contributed by atoms with Gasteiger partial charge in [-0.3, -0.25) is 0 Å². The van der Waals surface area contributed by atoms with E-state index >= 15 is 0 Å².